The van der Waals surface area contributed by atoms with E-state index in [0.29, 0.717) is 5.46 Å². The number of hydrogen-bond donors (Lipinski definition) is 2. The monoisotopic (exact) mass is 359 g/mol. The van der Waals surface area contributed by atoms with Crippen LogP contribution in [0.15, 0.2) is 72.5 Å². The van der Waals surface area contributed by atoms with Gasteiger partial charge in [-0.25, -0.2) is 4.98 Å². The maximum Gasteiger partial charge on any atom is 0.488 e. The molecule has 5 nitrogen and oxygen atoms in total. The van der Waals surface area contributed by atoms with E-state index in [4.69, 9.17) is 0 Å². The summed E-state index contributed by atoms with van der Waals surface area (Å²) in [7, 11) is -1.44. The smallest absolute Gasteiger partial charge is 0.423 e. The van der Waals surface area contributed by atoms with Gasteiger partial charge in [0.25, 0.3) is 0 Å². The molecule has 0 fully saturated rings. The number of hydrogen-bond acceptors (Lipinski definition) is 6. The number of thiazole rings is 1. The first kappa shape index (κ1) is 16.6. The van der Waals surface area contributed by atoms with Crippen LogP contribution in [-0.2, 0) is 0 Å². The van der Waals surface area contributed by atoms with Gasteiger partial charge in [-0.3, -0.25) is 9.97 Å². The van der Waals surface area contributed by atoms with Crippen molar-refractivity contribution in [1.29, 1.82) is 0 Å². The maximum atomic E-state index is 9.17. The summed E-state index contributed by atoms with van der Waals surface area (Å²) < 4.78 is 0. The molecule has 2 aromatic carbocycles. The van der Waals surface area contributed by atoms with Crippen LogP contribution in [0.4, 0.5) is 0 Å². The Labute approximate surface area is 154 Å². The average Bonchev–Trinajstić information content (AvgIpc) is 3.19. The fraction of sp³-hybridized carbons (Fsp3) is 0. The predicted octanol–water partition coefficient (Wildman–Crippen LogP) is 2.61. The van der Waals surface area contributed by atoms with Gasteiger partial charge >= 0.3 is 7.12 Å². The molecule has 126 valence electrons. The van der Waals surface area contributed by atoms with Crippen LogP contribution in [0.1, 0.15) is 0 Å². The summed E-state index contributed by atoms with van der Waals surface area (Å²) in [5.41, 5.74) is 5.25. The second-order valence-electron chi connectivity index (χ2n) is 5.70. The van der Waals surface area contributed by atoms with Crippen LogP contribution < -0.4 is 5.46 Å². The summed E-state index contributed by atoms with van der Waals surface area (Å²) in [6.45, 7) is 0. The molecule has 2 heterocycles. The normalized spacial score (nSPS) is 10.7. The number of nitrogens with zero attached hydrogens (tertiary/aromatic N) is 3. The highest BCUT2D eigenvalue weighted by molar-refractivity contribution is 7.13. The van der Waals surface area contributed by atoms with E-state index >= 15 is 0 Å². The lowest BCUT2D eigenvalue weighted by atomic mass is 9.80. The zero-order valence-electron chi connectivity index (χ0n) is 13.6. The lowest BCUT2D eigenvalue weighted by Crippen LogP contribution is -2.29. The molecule has 26 heavy (non-hydrogen) atoms. The molecular weight excluding hydrogens is 345 g/mol. The van der Waals surface area contributed by atoms with Crippen LogP contribution in [0.25, 0.3) is 33.1 Å². The lowest BCUT2D eigenvalue weighted by molar-refractivity contribution is 0.426. The highest BCUT2D eigenvalue weighted by Gasteiger charge is 2.11. The molecule has 0 radical (unpaired) electrons. The molecule has 4 rings (SSSR count). The summed E-state index contributed by atoms with van der Waals surface area (Å²) in [6.07, 6.45) is 5.01. The summed E-state index contributed by atoms with van der Waals surface area (Å²) in [5, 5.41) is 21.2. The molecule has 0 unspecified atom stereocenters. The highest BCUT2D eigenvalue weighted by Crippen LogP contribution is 2.29. The zero-order chi connectivity index (χ0) is 17.9. The lowest BCUT2D eigenvalue weighted by Gasteiger charge is -2.05. The van der Waals surface area contributed by atoms with E-state index in [2.05, 4.69) is 15.0 Å². The van der Waals surface area contributed by atoms with E-state index < -0.39 is 7.12 Å². The molecule has 0 amide bonds. The van der Waals surface area contributed by atoms with Gasteiger partial charge in [-0.1, -0.05) is 48.5 Å². The second kappa shape index (κ2) is 7.17. The van der Waals surface area contributed by atoms with E-state index in [1.54, 1.807) is 42.1 Å². The van der Waals surface area contributed by atoms with Gasteiger partial charge < -0.3 is 10.0 Å². The fourth-order valence-corrected chi connectivity index (χ4v) is 3.40. The van der Waals surface area contributed by atoms with Gasteiger partial charge in [0, 0.05) is 23.3 Å². The van der Waals surface area contributed by atoms with Crippen molar-refractivity contribution in [3.8, 4) is 33.1 Å². The van der Waals surface area contributed by atoms with E-state index in [0.717, 1.165) is 33.1 Å². The minimum absolute atomic E-state index is 0.476. The predicted molar refractivity (Wildman–Crippen MR) is 104 cm³/mol. The van der Waals surface area contributed by atoms with Crippen molar-refractivity contribution in [2.45, 2.75) is 0 Å². The Balaban J connectivity index is 1.57. The Hall–Kier alpha value is -2.87. The summed E-state index contributed by atoms with van der Waals surface area (Å²) in [5.74, 6) is 0. The first-order valence-electron chi connectivity index (χ1n) is 7.99. The fourth-order valence-electron chi connectivity index (χ4n) is 2.61. The Morgan fingerprint density at radius 3 is 2.04 bits per heavy atom. The molecule has 0 saturated carbocycles. The van der Waals surface area contributed by atoms with Crippen molar-refractivity contribution in [2.24, 2.45) is 0 Å². The molecule has 0 saturated heterocycles. The number of aromatic nitrogens is 3. The first-order chi connectivity index (χ1) is 12.7. The van der Waals surface area contributed by atoms with E-state index in [1.807, 2.05) is 41.8 Å². The van der Waals surface area contributed by atoms with Crippen LogP contribution in [0.3, 0.4) is 0 Å². The quantitative estimate of drug-likeness (QED) is 0.548. The average molecular weight is 359 g/mol. The van der Waals surface area contributed by atoms with Gasteiger partial charge in [-0.2, -0.15) is 0 Å². The van der Waals surface area contributed by atoms with Crippen LogP contribution in [0, 0.1) is 0 Å². The molecule has 0 aliphatic carbocycles. The second-order valence-corrected chi connectivity index (χ2v) is 6.56. The van der Waals surface area contributed by atoms with Crippen LogP contribution in [0.5, 0.6) is 0 Å². The SMILES string of the molecule is OB(O)c1ccc(-c2ccc(-c3csc(-c4cnccn4)n3)cc2)cc1. The molecule has 4 aromatic rings. The Morgan fingerprint density at radius 2 is 1.42 bits per heavy atom. The number of rotatable bonds is 4. The van der Waals surface area contributed by atoms with Gasteiger partial charge in [0.05, 0.1) is 11.9 Å². The Kier molecular flexibility index (Phi) is 4.58. The van der Waals surface area contributed by atoms with Crippen molar-refractivity contribution < 1.29 is 10.0 Å². The molecule has 0 aliphatic rings. The van der Waals surface area contributed by atoms with Gasteiger partial charge in [0.15, 0.2) is 0 Å². The van der Waals surface area contributed by atoms with Crippen LogP contribution in [0.2, 0.25) is 0 Å². The Bertz CT molecular complexity index is 1000. The topological polar surface area (TPSA) is 79.1 Å². The minimum atomic E-state index is -1.44. The standard InChI is InChI=1S/C19H14BN3O2S/c24-20(25)16-7-5-14(6-8-16)13-1-3-15(4-2-13)18-12-26-19(23-18)17-11-21-9-10-22-17/h1-12,24-25H. The van der Waals surface area contributed by atoms with Crippen molar-refractivity contribution in [3.63, 3.8) is 0 Å². The van der Waals surface area contributed by atoms with E-state index in [9.17, 15) is 10.0 Å². The third kappa shape index (κ3) is 3.41. The minimum Gasteiger partial charge on any atom is -0.423 e. The number of benzene rings is 2. The molecule has 0 atom stereocenters. The van der Waals surface area contributed by atoms with E-state index in [1.165, 1.54) is 0 Å². The molecular formula is C19H14BN3O2S. The first-order valence-corrected chi connectivity index (χ1v) is 8.87. The van der Waals surface area contributed by atoms with Crippen molar-refractivity contribution in [2.75, 3.05) is 0 Å². The molecule has 0 aliphatic heterocycles. The molecule has 7 heteroatoms. The summed E-state index contributed by atoms with van der Waals surface area (Å²) in [4.78, 5) is 13.0. The summed E-state index contributed by atoms with van der Waals surface area (Å²) >= 11 is 1.54. The molecule has 2 N–H and O–H groups in total. The largest absolute Gasteiger partial charge is 0.488 e. The molecule has 0 spiro atoms. The zero-order valence-corrected chi connectivity index (χ0v) is 14.5. The third-order valence-corrected chi connectivity index (χ3v) is 4.87. The molecule has 2 aromatic heterocycles. The molecule has 0 bridgehead atoms. The Morgan fingerprint density at radius 1 is 0.769 bits per heavy atom. The van der Waals surface area contributed by atoms with Crippen LogP contribution >= 0.6 is 11.3 Å². The van der Waals surface area contributed by atoms with Gasteiger partial charge in [-0.15, -0.1) is 11.3 Å². The van der Waals surface area contributed by atoms with Crippen molar-refractivity contribution in [3.05, 3.63) is 72.5 Å². The van der Waals surface area contributed by atoms with Crippen LogP contribution in [-0.4, -0.2) is 32.1 Å². The van der Waals surface area contributed by atoms with Crippen molar-refractivity contribution >= 4 is 23.9 Å². The summed E-state index contributed by atoms with van der Waals surface area (Å²) in [6, 6.07) is 15.3. The highest BCUT2D eigenvalue weighted by atomic mass is 32.1. The third-order valence-electron chi connectivity index (χ3n) is 4.01. The van der Waals surface area contributed by atoms with Gasteiger partial charge in [0.2, 0.25) is 0 Å². The van der Waals surface area contributed by atoms with Gasteiger partial charge in [-0.05, 0) is 16.6 Å². The van der Waals surface area contributed by atoms with E-state index in [-0.39, 0.29) is 0 Å². The van der Waals surface area contributed by atoms with Crippen molar-refractivity contribution in [1.82, 2.24) is 15.0 Å². The maximum absolute atomic E-state index is 9.17. The van der Waals surface area contributed by atoms with Gasteiger partial charge in [0.1, 0.15) is 10.7 Å².